The summed E-state index contributed by atoms with van der Waals surface area (Å²) in [6.07, 6.45) is 1.80. The summed E-state index contributed by atoms with van der Waals surface area (Å²) in [5.74, 6) is 1.42. The first-order valence-corrected chi connectivity index (χ1v) is 7.27. The van der Waals surface area contributed by atoms with Gasteiger partial charge in [-0.05, 0) is 37.1 Å². The van der Waals surface area contributed by atoms with Crippen LogP contribution in [0.5, 0.6) is 11.5 Å². The predicted molar refractivity (Wildman–Crippen MR) is 85.9 cm³/mol. The van der Waals surface area contributed by atoms with E-state index < -0.39 is 0 Å². The van der Waals surface area contributed by atoms with Crippen molar-refractivity contribution in [3.8, 4) is 17.2 Å². The Morgan fingerprint density at radius 3 is 2.45 bits per heavy atom. The van der Waals surface area contributed by atoms with Gasteiger partial charge in [0.15, 0.2) is 11.5 Å². The van der Waals surface area contributed by atoms with Gasteiger partial charge in [-0.15, -0.1) is 0 Å². The van der Waals surface area contributed by atoms with Gasteiger partial charge < -0.3 is 15.2 Å². The van der Waals surface area contributed by atoms with Crippen LogP contribution in [-0.4, -0.2) is 22.8 Å². The van der Waals surface area contributed by atoms with E-state index in [0.29, 0.717) is 24.7 Å². The molecule has 1 aliphatic rings. The lowest BCUT2D eigenvalue weighted by Gasteiger charge is -2.20. The van der Waals surface area contributed by atoms with Crippen molar-refractivity contribution in [3.63, 3.8) is 0 Å². The van der Waals surface area contributed by atoms with Gasteiger partial charge in [-0.1, -0.05) is 0 Å². The summed E-state index contributed by atoms with van der Waals surface area (Å²) in [5, 5.41) is 0. The number of fused-ring (bicyclic) bond motifs is 2. The molecule has 0 amide bonds. The van der Waals surface area contributed by atoms with Crippen molar-refractivity contribution in [1.29, 1.82) is 0 Å². The minimum atomic E-state index is 0.554. The summed E-state index contributed by atoms with van der Waals surface area (Å²) in [5.41, 5.74) is 12.2. The van der Waals surface area contributed by atoms with Crippen LogP contribution in [0.4, 0.5) is 5.69 Å². The van der Waals surface area contributed by atoms with Gasteiger partial charge in [-0.25, -0.2) is 4.98 Å². The quantitative estimate of drug-likeness (QED) is 0.701. The van der Waals surface area contributed by atoms with Crippen LogP contribution in [0, 0.1) is 13.8 Å². The third-order valence-electron chi connectivity index (χ3n) is 4.11. The van der Waals surface area contributed by atoms with Crippen LogP contribution in [0.25, 0.3) is 16.7 Å². The van der Waals surface area contributed by atoms with Crippen LogP contribution in [0.3, 0.4) is 0 Å². The molecule has 5 heteroatoms. The number of anilines is 1. The van der Waals surface area contributed by atoms with Crippen molar-refractivity contribution in [3.05, 3.63) is 41.7 Å². The van der Waals surface area contributed by atoms with Crippen LogP contribution in [0.1, 0.15) is 11.1 Å². The molecular formula is C17H17N3O2. The van der Waals surface area contributed by atoms with Gasteiger partial charge in [0.1, 0.15) is 19.5 Å². The van der Waals surface area contributed by atoms with Gasteiger partial charge in [0.25, 0.3) is 0 Å². The molecular weight excluding hydrogens is 278 g/mol. The molecule has 4 rings (SSSR count). The minimum absolute atomic E-state index is 0.554. The van der Waals surface area contributed by atoms with E-state index in [4.69, 9.17) is 15.2 Å². The molecule has 3 aromatic rings. The Morgan fingerprint density at radius 1 is 1.00 bits per heavy atom. The van der Waals surface area contributed by atoms with Crippen molar-refractivity contribution in [2.24, 2.45) is 0 Å². The van der Waals surface area contributed by atoms with Gasteiger partial charge in [-0.2, -0.15) is 0 Å². The van der Waals surface area contributed by atoms with E-state index in [-0.39, 0.29) is 0 Å². The standard InChI is InChI=1S/C17H17N3O2/c1-10-5-13-15(6-11(10)2)20(9-19-13)14-8-17-16(7-12(14)18)21-3-4-22-17/h5-9H,3-4,18H2,1-2H3. The number of aryl methyl sites for hydroxylation is 2. The fraction of sp³-hybridized carbons (Fsp3) is 0.235. The van der Waals surface area contributed by atoms with Gasteiger partial charge in [0.2, 0.25) is 0 Å². The number of nitrogens with zero attached hydrogens (tertiary/aromatic N) is 2. The Labute approximate surface area is 128 Å². The maximum absolute atomic E-state index is 6.21. The molecule has 0 unspecified atom stereocenters. The molecule has 1 aromatic heterocycles. The van der Waals surface area contributed by atoms with E-state index in [1.54, 1.807) is 6.33 Å². The second-order valence-corrected chi connectivity index (χ2v) is 5.59. The molecule has 0 fully saturated rings. The van der Waals surface area contributed by atoms with E-state index >= 15 is 0 Å². The molecule has 112 valence electrons. The van der Waals surface area contributed by atoms with Gasteiger partial charge in [0, 0.05) is 12.1 Å². The first-order valence-electron chi connectivity index (χ1n) is 7.27. The topological polar surface area (TPSA) is 62.3 Å². The zero-order valence-electron chi connectivity index (χ0n) is 12.6. The largest absolute Gasteiger partial charge is 0.486 e. The van der Waals surface area contributed by atoms with Crippen LogP contribution < -0.4 is 15.2 Å². The Balaban J connectivity index is 1.93. The van der Waals surface area contributed by atoms with Crippen molar-refractivity contribution >= 4 is 16.7 Å². The van der Waals surface area contributed by atoms with Gasteiger partial charge >= 0.3 is 0 Å². The summed E-state index contributed by atoms with van der Waals surface area (Å²) < 4.78 is 13.2. The third-order valence-corrected chi connectivity index (χ3v) is 4.11. The van der Waals surface area contributed by atoms with Crippen molar-refractivity contribution in [2.45, 2.75) is 13.8 Å². The summed E-state index contributed by atoms with van der Waals surface area (Å²) in [6.45, 7) is 5.29. The Kier molecular flexibility index (Phi) is 2.76. The highest BCUT2D eigenvalue weighted by atomic mass is 16.6. The second kappa shape index (κ2) is 4.66. The lowest BCUT2D eigenvalue weighted by Crippen LogP contribution is -2.16. The third kappa shape index (κ3) is 1.89. The van der Waals surface area contributed by atoms with E-state index in [2.05, 4.69) is 31.0 Å². The first-order chi connectivity index (χ1) is 10.6. The van der Waals surface area contributed by atoms with E-state index in [1.807, 2.05) is 16.7 Å². The number of ether oxygens (including phenoxy) is 2. The van der Waals surface area contributed by atoms with Crippen molar-refractivity contribution in [2.75, 3.05) is 18.9 Å². The lowest BCUT2D eigenvalue weighted by molar-refractivity contribution is 0.171. The maximum atomic E-state index is 6.21. The van der Waals surface area contributed by atoms with Crippen LogP contribution in [0.15, 0.2) is 30.6 Å². The number of nitrogens with two attached hydrogens (primary N) is 1. The summed E-state index contributed by atoms with van der Waals surface area (Å²) in [6, 6.07) is 7.96. The minimum Gasteiger partial charge on any atom is -0.486 e. The Bertz CT molecular complexity index is 883. The molecule has 5 nitrogen and oxygen atoms in total. The Hall–Kier alpha value is -2.69. The van der Waals surface area contributed by atoms with E-state index in [9.17, 15) is 0 Å². The van der Waals surface area contributed by atoms with Crippen LogP contribution in [-0.2, 0) is 0 Å². The molecule has 0 atom stereocenters. The zero-order valence-corrected chi connectivity index (χ0v) is 12.6. The number of rotatable bonds is 1. The molecule has 1 aliphatic heterocycles. The first kappa shape index (κ1) is 13.0. The molecule has 2 aromatic carbocycles. The van der Waals surface area contributed by atoms with E-state index in [1.165, 1.54) is 11.1 Å². The molecule has 2 N–H and O–H groups in total. The summed E-state index contributed by atoms with van der Waals surface area (Å²) in [4.78, 5) is 4.49. The SMILES string of the molecule is Cc1cc2ncn(-c3cc4c(cc3N)OCCO4)c2cc1C. The molecule has 0 aliphatic carbocycles. The molecule has 2 heterocycles. The number of benzene rings is 2. The van der Waals surface area contributed by atoms with E-state index in [0.717, 1.165) is 22.5 Å². The predicted octanol–water partition coefficient (Wildman–Crippen LogP) is 3.00. The second-order valence-electron chi connectivity index (χ2n) is 5.59. The Morgan fingerprint density at radius 2 is 1.68 bits per heavy atom. The number of hydrogen-bond donors (Lipinski definition) is 1. The number of nitrogen functional groups attached to an aromatic ring is 1. The highest BCUT2D eigenvalue weighted by Crippen LogP contribution is 2.37. The van der Waals surface area contributed by atoms with Gasteiger partial charge in [-0.3, -0.25) is 4.57 Å². The normalized spacial score (nSPS) is 13.5. The smallest absolute Gasteiger partial charge is 0.163 e. The summed E-state index contributed by atoms with van der Waals surface area (Å²) >= 11 is 0. The molecule has 0 saturated heterocycles. The highest BCUT2D eigenvalue weighted by Gasteiger charge is 2.17. The molecule has 0 saturated carbocycles. The fourth-order valence-corrected chi connectivity index (χ4v) is 2.76. The zero-order chi connectivity index (χ0) is 15.3. The van der Waals surface area contributed by atoms with Crippen molar-refractivity contribution in [1.82, 2.24) is 9.55 Å². The molecule has 0 spiro atoms. The number of imidazole rings is 1. The average molecular weight is 295 g/mol. The summed E-state index contributed by atoms with van der Waals surface area (Å²) in [7, 11) is 0. The van der Waals surface area contributed by atoms with Crippen LogP contribution >= 0.6 is 0 Å². The van der Waals surface area contributed by atoms with Crippen LogP contribution in [0.2, 0.25) is 0 Å². The number of aromatic nitrogens is 2. The number of hydrogen-bond acceptors (Lipinski definition) is 4. The molecule has 0 bridgehead atoms. The monoisotopic (exact) mass is 295 g/mol. The molecule has 22 heavy (non-hydrogen) atoms. The lowest BCUT2D eigenvalue weighted by atomic mass is 10.1. The highest BCUT2D eigenvalue weighted by molar-refractivity contribution is 5.81. The fourth-order valence-electron chi connectivity index (χ4n) is 2.76. The molecule has 0 radical (unpaired) electrons. The maximum Gasteiger partial charge on any atom is 0.163 e. The van der Waals surface area contributed by atoms with Crippen molar-refractivity contribution < 1.29 is 9.47 Å². The van der Waals surface area contributed by atoms with Gasteiger partial charge in [0.05, 0.1) is 22.4 Å². The average Bonchev–Trinajstić information content (AvgIpc) is 2.89.